The Hall–Kier alpha value is -3.00. The van der Waals surface area contributed by atoms with Crippen LogP contribution in [-0.2, 0) is 22.4 Å². The van der Waals surface area contributed by atoms with E-state index in [2.05, 4.69) is 5.32 Å². The van der Waals surface area contributed by atoms with Crippen LogP contribution in [0.25, 0.3) is 6.08 Å². The van der Waals surface area contributed by atoms with Gasteiger partial charge in [0.15, 0.2) is 0 Å². The van der Waals surface area contributed by atoms with Crippen molar-refractivity contribution < 1.29 is 19.2 Å². The van der Waals surface area contributed by atoms with E-state index in [-0.39, 0.29) is 11.6 Å². The Kier molecular flexibility index (Phi) is 6.77. The molecule has 0 unspecified atom stereocenters. The van der Waals surface area contributed by atoms with Gasteiger partial charge in [-0.3, -0.25) is 14.9 Å². The number of rotatable bonds is 5. The Morgan fingerprint density at radius 1 is 1.14 bits per heavy atom. The van der Waals surface area contributed by atoms with Crippen LogP contribution in [0.3, 0.4) is 0 Å². The number of non-ortho nitro benzene ring substituents is 1. The number of benzene rings is 1. The highest BCUT2D eigenvalue weighted by Gasteiger charge is 2.25. The van der Waals surface area contributed by atoms with E-state index < -0.39 is 10.9 Å². The van der Waals surface area contributed by atoms with Crippen LogP contribution in [-0.4, -0.2) is 23.9 Å². The summed E-state index contributed by atoms with van der Waals surface area (Å²) in [6.07, 6.45) is 9.02. The van der Waals surface area contributed by atoms with Gasteiger partial charge in [-0.2, -0.15) is 0 Å². The average molecular weight is 414 g/mol. The first-order valence-electron chi connectivity index (χ1n) is 9.46. The summed E-state index contributed by atoms with van der Waals surface area (Å²) in [4.78, 5) is 36.2. The zero-order valence-electron chi connectivity index (χ0n) is 16.1. The number of aryl methyl sites for hydroxylation is 1. The van der Waals surface area contributed by atoms with E-state index in [9.17, 15) is 19.7 Å². The molecule has 1 aliphatic rings. The largest absolute Gasteiger partial charge is 0.465 e. The lowest BCUT2D eigenvalue weighted by molar-refractivity contribution is -0.384. The van der Waals surface area contributed by atoms with Crippen molar-refractivity contribution in [2.45, 2.75) is 38.5 Å². The standard InChI is InChI=1S/C21H22N2O5S/c1-28-21(25)19-16-6-4-2-3-5-7-17(16)29-20(19)22-18(24)13-10-14-8-11-15(12-9-14)23(26)27/h8-13H,2-7H2,1H3,(H,22,24). The number of anilines is 1. The molecule has 0 spiro atoms. The third-order valence-electron chi connectivity index (χ3n) is 4.83. The minimum Gasteiger partial charge on any atom is -0.465 e. The quantitative estimate of drug-likeness (QED) is 0.329. The number of hydrogen-bond donors (Lipinski definition) is 1. The molecule has 0 aliphatic heterocycles. The van der Waals surface area contributed by atoms with Crippen molar-refractivity contribution >= 4 is 40.0 Å². The van der Waals surface area contributed by atoms with Gasteiger partial charge in [-0.1, -0.05) is 12.8 Å². The Bertz CT molecular complexity index is 947. The van der Waals surface area contributed by atoms with Crippen molar-refractivity contribution in [3.05, 3.63) is 62.0 Å². The average Bonchev–Trinajstić information content (AvgIpc) is 3.02. The van der Waals surface area contributed by atoms with Gasteiger partial charge in [0, 0.05) is 23.1 Å². The molecule has 0 fully saturated rings. The predicted octanol–water partition coefficient (Wildman–Crippen LogP) is 4.75. The van der Waals surface area contributed by atoms with Crippen molar-refractivity contribution in [3.8, 4) is 0 Å². The van der Waals surface area contributed by atoms with Crippen molar-refractivity contribution in [1.29, 1.82) is 0 Å². The summed E-state index contributed by atoms with van der Waals surface area (Å²) in [7, 11) is 1.34. The molecular weight excluding hydrogens is 392 g/mol. The number of amides is 1. The highest BCUT2D eigenvalue weighted by atomic mass is 32.1. The number of ether oxygens (including phenoxy) is 1. The molecule has 8 heteroatoms. The zero-order valence-corrected chi connectivity index (χ0v) is 16.9. The number of nitrogens with one attached hydrogen (secondary N) is 1. The topological polar surface area (TPSA) is 98.5 Å². The number of nitrogens with zero attached hydrogens (tertiary/aromatic N) is 1. The lowest BCUT2D eigenvalue weighted by Crippen LogP contribution is -2.12. The lowest BCUT2D eigenvalue weighted by Gasteiger charge is -2.10. The molecule has 1 aliphatic carbocycles. The first-order valence-corrected chi connectivity index (χ1v) is 10.3. The molecule has 1 heterocycles. The summed E-state index contributed by atoms with van der Waals surface area (Å²) in [5.41, 5.74) is 2.12. The van der Waals surface area contributed by atoms with E-state index in [0.717, 1.165) is 42.5 Å². The number of nitro groups is 1. The second-order valence-electron chi connectivity index (χ2n) is 6.78. The number of methoxy groups -OCH3 is 1. The van der Waals surface area contributed by atoms with Crippen molar-refractivity contribution in [1.82, 2.24) is 0 Å². The minimum atomic E-state index is -0.475. The van der Waals surface area contributed by atoms with Crippen molar-refractivity contribution in [2.24, 2.45) is 0 Å². The van der Waals surface area contributed by atoms with E-state index in [1.807, 2.05) is 0 Å². The fraction of sp³-hybridized carbons (Fsp3) is 0.333. The highest BCUT2D eigenvalue weighted by Crippen LogP contribution is 2.37. The molecular formula is C21H22N2O5S. The second-order valence-corrected chi connectivity index (χ2v) is 7.89. The van der Waals surface area contributed by atoms with Crippen LogP contribution in [0, 0.1) is 10.1 Å². The number of esters is 1. The summed E-state index contributed by atoms with van der Waals surface area (Å²) in [6, 6.07) is 5.90. The van der Waals surface area contributed by atoms with Crippen LogP contribution in [0.4, 0.5) is 10.7 Å². The molecule has 0 bridgehead atoms. The summed E-state index contributed by atoms with van der Waals surface area (Å²) in [5, 5.41) is 14.0. The van der Waals surface area contributed by atoms with Gasteiger partial charge in [-0.25, -0.2) is 4.79 Å². The van der Waals surface area contributed by atoms with E-state index in [0.29, 0.717) is 16.1 Å². The number of fused-ring (bicyclic) bond motifs is 1. The maximum Gasteiger partial charge on any atom is 0.341 e. The molecule has 152 valence electrons. The molecule has 2 aromatic rings. The van der Waals surface area contributed by atoms with Crippen molar-refractivity contribution in [2.75, 3.05) is 12.4 Å². The summed E-state index contributed by atoms with van der Waals surface area (Å²) < 4.78 is 4.96. The van der Waals surface area contributed by atoms with Gasteiger partial charge in [-0.05, 0) is 55.0 Å². The van der Waals surface area contributed by atoms with Gasteiger partial charge in [0.1, 0.15) is 5.00 Å². The summed E-state index contributed by atoms with van der Waals surface area (Å²) in [5.74, 6) is -0.805. The second kappa shape index (κ2) is 9.47. The molecule has 0 saturated heterocycles. The SMILES string of the molecule is COC(=O)c1c(NC(=O)C=Cc2ccc([N+](=O)[O-])cc2)sc2c1CCCCCC2. The minimum absolute atomic E-state index is 0.00896. The predicted molar refractivity (Wildman–Crippen MR) is 112 cm³/mol. The number of hydrogen-bond acceptors (Lipinski definition) is 6. The zero-order chi connectivity index (χ0) is 20.8. The van der Waals surface area contributed by atoms with Crippen LogP contribution in [0.5, 0.6) is 0 Å². The van der Waals surface area contributed by atoms with Crippen LogP contribution in [0.2, 0.25) is 0 Å². The van der Waals surface area contributed by atoms with Gasteiger partial charge >= 0.3 is 5.97 Å². The molecule has 1 aromatic heterocycles. The van der Waals surface area contributed by atoms with Gasteiger partial charge in [0.25, 0.3) is 5.69 Å². The van der Waals surface area contributed by atoms with Crippen LogP contribution in [0.15, 0.2) is 30.3 Å². The fourth-order valence-corrected chi connectivity index (χ4v) is 4.64. The normalized spacial score (nSPS) is 14.0. The molecule has 1 N–H and O–H groups in total. The number of carbonyl (C=O) groups excluding carboxylic acids is 2. The Labute approximate surface area is 172 Å². The van der Waals surface area contributed by atoms with E-state index in [1.165, 1.54) is 43.1 Å². The van der Waals surface area contributed by atoms with E-state index in [1.54, 1.807) is 18.2 Å². The van der Waals surface area contributed by atoms with Gasteiger partial charge in [-0.15, -0.1) is 11.3 Å². The molecule has 1 aromatic carbocycles. The number of thiophene rings is 1. The maximum atomic E-state index is 12.4. The third kappa shape index (κ3) is 5.08. The van der Waals surface area contributed by atoms with Gasteiger partial charge in [0.2, 0.25) is 5.91 Å². The summed E-state index contributed by atoms with van der Waals surface area (Å²) >= 11 is 1.44. The smallest absolute Gasteiger partial charge is 0.341 e. The first kappa shape index (κ1) is 20.7. The molecule has 1 amide bonds. The molecule has 7 nitrogen and oxygen atoms in total. The third-order valence-corrected chi connectivity index (χ3v) is 6.04. The Balaban J connectivity index is 1.79. The van der Waals surface area contributed by atoms with E-state index >= 15 is 0 Å². The first-order chi connectivity index (χ1) is 14.0. The Morgan fingerprint density at radius 3 is 2.48 bits per heavy atom. The van der Waals surface area contributed by atoms with Gasteiger partial charge < -0.3 is 10.1 Å². The Morgan fingerprint density at radius 2 is 1.83 bits per heavy atom. The van der Waals surface area contributed by atoms with Crippen LogP contribution in [0.1, 0.15) is 52.0 Å². The summed E-state index contributed by atoms with van der Waals surface area (Å²) in [6.45, 7) is 0. The molecule has 29 heavy (non-hydrogen) atoms. The van der Waals surface area contributed by atoms with Crippen LogP contribution < -0.4 is 5.32 Å². The number of carbonyl (C=O) groups is 2. The maximum absolute atomic E-state index is 12.4. The molecule has 0 atom stereocenters. The van der Waals surface area contributed by atoms with Crippen molar-refractivity contribution in [3.63, 3.8) is 0 Å². The molecule has 3 rings (SSSR count). The molecule has 0 radical (unpaired) electrons. The van der Waals surface area contributed by atoms with Crippen LogP contribution >= 0.6 is 11.3 Å². The fourth-order valence-electron chi connectivity index (χ4n) is 3.36. The monoisotopic (exact) mass is 414 g/mol. The number of nitro benzene ring substituents is 1. The highest BCUT2D eigenvalue weighted by molar-refractivity contribution is 7.17. The van der Waals surface area contributed by atoms with Gasteiger partial charge in [0.05, 0.1) is 17.6 Å². The van der Waals surface area contributed by atoms with E-state index in [4.69, 9.17) is 4.74 Å². The molecule has 0 saturated carbocycles. The lowest BCUT2D eigenvalue weighted by atomic mass is 9.96.